The van der Waals surface area contributed by atoms with E-state index in [-0.39, 0.29) is 12.4 Å². The summed E-state index contributed by atoms with van der Waals surface area (Å²) >= 11 is 0. The molecule has 0 bridgehead atoms. The van der Waals surface area contributed by atoms with Gasteiger partial charge in [-0.25, -0.2) is 13.8 Å². The van der Waals surface area contributed by atoms with E-state index in [1.54, 1.807) is 6.07 Å². The summed E-state index contributed by atoms with van der Waals surface area (Å²) in [5.41, 5.74) is 6.65. The van der Waals surface area contributed by atoms with E-state index in [0.717, 1.165) is 28.6 Å². The Labute approximate surface area is 136 Å². The number of halogens is 2. The molecule has 0 aliphatic rings. The van der Waals surface area contributed by atoms with Gasteiger partial charge >= 0.3 is 0 Å². The number of aromatic nitrogens is 1. The Morgan fingerprint density at radius 1 is 1.17 bits per heavy atom. The lowest BCUT2D eigenvalue weighted by Gasteiger charge is -2.10. The van der Waals surface area contributed by atoms with Crippen LogP contribution in [0.15, 0.2) is 42.5 Å². The van der Waals surface area contributed by atoms with Crippen LogP contribution in [-0.2, 0) is 6.61 Å². The number of pyridine rings is 1. The van der Waals surface area contributed by atoms with Crippen LogP contribution in [0.4, 0.5) is 8.78 Å². The number of aryl methyl sites for hydroxylation is 1. The Morgan fingerprint density at radius 3 is 2.71 bits per heavy atom. The lowest BCUT2D eigenvalue weighted by Crippen LogP contribution is -2.16. The first-order chi connectivity index (χ1) is 11.5. The summed E-state index contributed by atoms with van der Waals surface area (Å²) in [6.07, 6.45) is 0. The molecule has 0 saturated carbocycles. The van der Waals surface area contributed by atoms with Gasteiger partial charge in [0, 0.05) is 5.39 Å². The van der Waals surface area contributed by atoms with Gasteiger partial charge in [0.05, 0.1) is 11.2 Å². The number of nitrogens with two attached hydrogens (primary N) is 1. The highest BCUT2D eigenvalue weighted by Gasteiger charge is 2.19. The molecule has 2 aromatic carbocycles. The minimum Gasteiger partial charge on any atom is -0.484 e. The second kappa shape index (κ2) is 6.23. The Bertz CT molecular complexity index is 942. The zero-order valence-electron chi connectivity index (χ0n) is 12.8. The van der Waals surface area contributed by atoms with Crippen molar-refractivity contribution in [2.45, 2.75) is 13.5 Å². The zero-order chi connectivity index (χ0) is 17.3. The second-order valence-corrected chi connectivity index (χ2v) is 5.33. The summed E-state index contributed by atoms with van der Waals surface area (Å²) in [5.74, 6) is -3.57. The first-order valence-electron chi connectivity index (χ1n) is 7.23. The van der Waals surface area contributed by atoms with Gasteiger partial charge in [-0.1, -0.05) is 18.2 Å². The average molecular weight is 328 g/mol. The van der Waals surface area contributed by atoms with E-state index in [2.05, 4.69) is 4.98 Å². The SMILES string of the molecule is Cc1cccc2nc(COc3ccc(F)c(C(N)=O)c3F)ccc12. The van der Waals surface area contributed by atoms with Gasteiger partial charge in [-0.3, -0.25) is 4.79 Å². The molecule has 0 aliphatic carbocycles. The van der Waals surface area contributed by atoms with Crippen LogP contribution in [0.3, 0.4) is 0 Å². The lowest BCUT2D eigenvalue weighted by atomic mass is 10.1. The number of hydrogen-bond acceptors (Lipinski definition) is 3. The molecule has 0 radical (unpaired) electrons. The van der Waals surface area contributed by atoms with Crippen LogP contribution < -0.4 is 10.5 Å². The highest BCUT2D eigenvalue weighted by molar-refractivity contribution is 5.93. The molecule has 0 fully saturated rings. The number of nitrogens with zero attached hydrogens (tertiary/aromatic N) is 1. The molecule has 0 aliphatic heterocycles. The highest BCUT2D eigenvalue weighted by atomic mass is 19.1. The average Bonchev–Trinajstić information content (AvgIpc) is 2.54. The van der Waals surface area contributed by atoms with Gasteiger partial charge in [0.1, 0.15) is 18.0 Å². The molecule has 1 aromatic heterocycles. The fourth-order valence-electron chi connectivity index (χ4n) is 2.45. The van der Waals surface area contributed by atoms with E-state index in [1.807, 2.05) is 31.2 Å². The van der Waals surface area contributed by atoms with Crippen molar-refractivity contribution in [2.75, 3.05) is 0 Å². The van der Waals surface area contributed by atoms with E-state index in [1.165, 1.54) is 0 Å². The number of carbonyl (C=O) groups is 1. The number of rotatable bonds is 4. The number of ether oxygens (including phenoxy) is 1. The summed E-state index contributed by atoms with van der Waals surface area (Å²) < 4.78 is 32.9. The van der Waals surface area contributed by atoms with Gasteiger partial charge in [0.2, 0.25) is 0 Å². The maximum atomic E-state index is 14.1. The van der Waals surface area contributed by atoms with Crippen molar-refractivity contribution in [1.82, 2.24) is 4.98 Å². The van der Waals surface area contributed by atoms with Crippen molar-refractivity contribution in [3.8, 4) is 5.75 Å². The first kappa shape index (κ1) is 15.9. The summed E-state index contributed by atoms with van der Waals surface area (Å²) in [7, 11) is 0. The Kier molecular flexibility index (Phi) is 4.12. The summed E-state index contributed by atoms with van der Waals surface area (Å²) in [4.78, 5) is 15.6. The van der Waals surface area contributed by atoms with Gasteiger partial charge in [0.25, 0.3) is 5.91 Å². The molecule has 6 heteroatoms. The van der Waals surface area contributed by atoms with Gasteiger partial charge in [-0.2, -0.15) is 0 Å². The van der Waals surface area contributed by atoms with Crippen LogP contribution in [0.5, 0.6) is 5.75 Å². The molecule has 2 N–H and O–H groups in total. The number of fused-ring (bicyclic) bond motifs is 1. The zero-order valence-corrected chi connectivity index (χ0v) is 12.8. The molecule has 24 heavy (non-hydrogen) atoms. The molecule has 3 aromatic rings. The van der Waals surface area contributed by atoms with Crippen LogP contribution in [0, 0.1) is 18.6 Å². The molecule has 0 atom stereocenters. The molecule has 4 nitrogen and oxygen atoms in total. The van der Waals surface area contributed by atoms with Crippen molar-refractivity contribution in [2.24, 2.45) is 5.73 Å². The number of benzene rings is 2. The third kappa shape index (κ3) is 2.90. The summed E-state index contributed by atoms with van der Waals surface area (Å²) in [6.45, 7) is 1.96. The smallest absolute Gasteiger partial charge is 0.254 e. The Hall–Kier alpha value is -3.02. The maximum absolute atomic E-state index is 14.1. The predicted molar refractivity (Wildman–Crippen MR) is 85.7 cm³/mol. The lowest BCUT2D eigenvalue weighted by molar-refractivity contribution is 0.0991. The van der Waals surface area contributed by atoms with Crippen LogP contribution in [0.25, 0.3) is 10.9 Å². The van der Waals surface area contributed by atoms with Crippen LogP contribution in [0.2, 0.25) is 0 Å². The fourth-order valence-corrected chi connectivity index (χ4v) is 2.45. The van der Waals surface area contributed by atoms with Gasteiger partial charge in [0.15, 0.2) is 11.6 Å². The molecular weight excluding hydrogens is 314 g/mol. The van der Waals surface area contributed by atoms with E-state index in [9.17, 15) is 13.6 Å². The van der Waals surface area contributed by atoms with Crippen molar-refractivity contribution in [3.63, 3.8) is 0 Å². The van der Waals surface area contributed by atoms with Crippen molar-refractivity contribution >= 4 is 16.8 Å². The van der Waals surface area contributed by atoms with Gasteiger partial charge < -0.3 is 10.5 Å². The van der Waals surface area contributed by atoms with Gasteiger partial charge in [-0.15, -0.1) is 0 Å². The molecule has 0 unspecified atom stereocenters. The summed E-state index contributed by atoms with van der Waals surface area (Å²) in [5, 5.41) is 1.02. The number of amides is 1. The molecule has 0 saturated heterocycles. The minimum atomic E-state index is -1.19. The third-order valence-electron chi connectivity index (χ3n) is 3.69. The quantitative estimate of drug-likeness (QED) is 0.797. The van der Waals surface area contributed by atoms with Crippen LogP contribution in [-0.4, -0.2) is 10.9 Å². The van der Waals surface area contributed by atoms with Crippen molar-refractivity contribution in [1.29, 1.82) is 0 Å². The molecule has 1 heterocycles. The maximum Gasteiger partial charge on any atom is 0.254 e. The molecule has 0 spiro atoms. The van der Waals surface area contributed by atoms with E-state index in [0.29, 0.717) is 5.69 Å². The Balaban J connectivity index is 1.86. The Morgan fingerprint density at radius 2 is 1.96 bits per heavy atom. The summed E-state index contributed by atoms with van der Waals surface area (Å²) in [6, 6.07) is 11.5. The third-order valence-corrected chi connectivity index (χ3v) is 3.69. The molecule has 122 valence electrons. The van der Waals surface area contributed by atoms with Crippen LogP contribution >= 0.6 is 0 Å². The van der Waals surface area contributed by atoms with Crippen molar-refractivity contribution in [3.05, 3.63) is 70.9 Å². The van der Waals surface area contributed by atoms with E-state index < -0.39 is 23.1 Å². The topological polar surface area (TPSA) is 65.2 Å². The fraction of sp³-hybridized carbons (Fsp3) is 0.111. The number of carbonyl (C=O) groups excluding carboxylic acids is 1. The monoisotopic (exact) mass is 328 g/mol. The van der Waals surface area contributed by atoms with Gasteiger partial charge in [-0.05, 0) is 36.8 Å². The molecular formula is C18H14F2N2O2. The van der Waals surface area contributed by atoms with Crippen LogP contribution in [0.1, 0.15) is 21.6 Å². The molecule has 3 rings (SSSR count). The largest absolute Gasteiger partial charge is 0.484 e. The van der Waals surface area contributed by atoms with Crippen molar-refractivity contribution < 1.29 is 18.3 Å². The molecule has 1 amide bonds. The second-order valence-electron chi connectivity index (χ2n) is 5.33. The van der Waals surface area contributed by atoms with E-state index in [4.69, 9.17) is 10.5 Å². The predicted octanol–water partition coefficient (Wildman–Crippen LogP) is 3.50. The normalized spacial score (nSPS) is 10.8. The number of primary amides is 1. The highest BCUT2D eigenvalue weighted by Crippen LogP contribution is 2.24. The first-order valence-corrected chi connectivity index (χ1v) is 7.23. The number of hydrogen-bond donors (Lipinski definition) is 1. The standard InChI is InChI=1S/C18H14F2N2O2/c1-10-3-2-4-14-12(10)6-5-11(22-14)9-24-15-8-7-13(19)16(17(15)20)18(21)23/h2-8H,9H2,1H3,(H2,21,23). The minimum absolute atomic E-state index is 0.0232. The van der Waals surface area contributed by atoms with E-state index >= 15 is 0 Å².